The normalized spacial score (nSPS) is 15.3. The Morgan fingerprint density at radius 3 is 2.53 bits per heavy atom. The fourth-order valence-electron chi connectivity index (χ4n) is 1.05. The largest absolute Gasteiger partial charge is 0.481 e. The molecule has 1 aromatic rings. The van der Waals surface area contributed by atoms with Crippen molar-refractivity contribution >= 4 is 5.97 Å². The number of rotatable bonds is 4. The van der Waals surface area contributed by atoms with E-state index in [9.17, 15) is 13.6 Å². The van der Waals surface area contributed by atoms with Gasteiger partial charge < -0.3 is 5.11 Å². The molecule has 0 saturated heterocycles. The third kappa shape index (κ3) is 2.25. The summed E-state index contributed by atoms with van der Waals surface area (Å²) < 4.78 is 25.6. The number of tetrazole rings is 1. The first kappa shape index (κ1) is 11.5. The highest BCUT2D eigenvalue weighted by Gasteiger charge is 2.27. The van der Waals surface area contributed by atoms with Gasteiger partial charge in [0.2, 0.25) is 5.82 Å². The zero-order valence-electron chi connectivity index (χ0n) is 8.13. The molecule has 0 bridgehead atoms. The second kappa shape index (κ2) is 4.28. The third-order valence-electron chi connectivity index (χ3n) is 2.21. The number of nitrogens with zero attached hydrogens (tertiary/aromatic N) is 4. The molecule has 1 N–H and O–H groups in total. The predicted molar refractivity (Wildman–Crippen MR) is 44.3 cm³/mol. The molecule has 0 fully saturated rings. The average molecular weight is 220 g/mol. The van der Waals surface area contributed by atoms with E-state index in [1.165, 1.54) is 13.8 Å². The molecule has 0 radical (unpaired) electrons. The van der Waals surface area contributed by atoms with Crippen LogP contribution in [0.4, 0.5) is 8.78 Å². The maximum Gasteiger partial charge on any atom is 0.308 e. The molecular formula is C7H10F2N4O2. The SMILES string of the molecule is CC(C(=O)O)C(C)n1nnnc1C(F)F. The molecule has 1 heterocycles. The molecule has 0 aromatic carbocycles. The van der Waals surface area contributed by atoms with E-state index in [-0.39, 0.29) is 0 Å². The van der Waals surface area contributed by atoms with Crippen molar-refractivity contribution in [3.05, 3.63) is 5.82 Å². The second-order valence-corrected chi connectivity index (χ2v) is 3.15. The molecule has 0 aliphatic rings. The number of aromatic nitrogens is 4. The van der Waals surface area contributed by atoms with Crippen molar-refractivity contribution in [2.45, 2.75) is 26.3 Å². The monoisotopic (exact) mass is 220 g/mol. The van der Waals surface area contributed by atoms with E-state index in [1.807, 2.05) is 0 Å². The topological polar surface area (TPSA) is 80.9 Å². The van der Waals surface area contributed by atoms with Gasteiger partial charge >= 0.3 is 5.97 Å². The fraction of sp³-hybridized carbons (Fsp3) is 0.714. The molecule has 2 unspecified atom stereocenters. The zero-order valence-corrected chi connectivity index (χ0v) is 8.13. The van der Waals surface area contributed by atoms with Crippen molar-refractivity contribution in [2.24, 2.45) is 5.92 Å². The van der Waals surface area contributed by atoms with E-state index >= 15 is 0 Å². The van der Waals surface area contributed by atoms with Crippen LogP contribution in [0.3, 0.4) is 0 Å². The van der Waals surface area contributed by atoms with Crippen LogP contribution in [0.25, 0.3) is 0 Å². The number of hydrogen-bond donors (Lipinski definition) is 1. The first-order chi connectivity index (χ1) is 6.95. The minimum absolute atomic E-state index is 0.615. The van der Waals surface area contributed by atoms with Gasteiger partial charge in [0.15, 0.2) is 0 Å². The van der Waals surface area contributed by atoms with Crippen LogP contribution in [0.1, 0.15) is 32.1 Å². The molecule has 1 rings (SSSR count). The van der Waals surface area contributed by atoms with Gasteiger partial charge in [-0.25, -0.2) is 13.5 Å². The van der Waals surface area contributed by atoms with Gasteiger partial charge in [0.1, 0.15) is 0 Å². The van der Waals surface area contributed by atoms with Gasteiger partial charge in [-0.3, -0.25) is 4.79 Å². The highest BCUT2D eigenvalue weighted by molar-refractivity contribution is 5.70. The van der Waals surface area contributed by atoms with Crippen LogP contribution in [0.15, 0.2) is 0 Å². The quantitative estimate of drug-likeness (QED) is 0.814. The van der Waals surface area contributed by atoms with Crippen LogP contribution in [0, 0.1) is 5.92 Å². The van der Waals surface area contributed by atoms with E-state index in [1.54, 1.807) is 0 Å². The molecule has 0 saturated carbocycles. The Bertz CT molecular complexity index is 355. The van der Waals surface area contributed by atoms with Gasteiger partial charge in [0.05, 0.1) is 12.0 Å². The van der Waals surface area contributed by atoms with E-state index in [0.29, 0.717) is 0 Å². The lowest BCUT2D eigenvalue weighted by molar-refractivity contribution is -0.142. The number of halogens is 2. The Kier molecular flexibility index (Phi) is 3.28. The molecule has 15 heavy (non-hydrogen) atoms. The first-order valence-electron chi connectivity index (χ1n) is 4.23. The molecule has 1 aromatic heterocycles. The van der Waals surface area contributed by atoms with Gasteiger partial charge in [-0.1, -0.05) is 0 Å². The summed E-state index contributed by atoms with van der Waals surface area (Å²) in [5.74, 6) is -2.54. The van der Waals surface area contributed by atoms with Crippen LogP contribution in [-0.4, -0.2) is 31.3 Å². The van der Waals surface area contributed by atoms with Crippen LogP contribution < -0.4 is 0 Å². The number of alkyl halides is 2. The first-order valence-corrected chi connectivity index (χ1v) is 4.23. The number of carboxylic acid groups (broad SMARTS) is 1. The van der Waals surface area contributed by atoms with Crippen molar-refractivity contribution in [3.8, 4) is 0 Å². The molecule has 2 atom stereocenters. The van der Waals surface area contributed by atoms with Crippen molar-refractivity contribution in [1.82, 2.24) is 20.2 Å². The molecular weight excluding hydrogens is 210 g/mol. The molecule has 0 aliphatic carbocycles. The molecule has 84 valence electrons. The number of carboxylic acids is 1. The number of carbonyl (C=O) groups is 1. The predicted octanol–water partition coefficient (Wildman–Crippen LogP) is 0.892. The average Bonchev–Trinajstić information content (AvgIpc) is 2.63. The second-order valence-electron chi connectivity index (χ2n) is 3.15. The van der Waals surface area contributed by atoms with E-state index < -0.39 is 30.2 Å². The Morgan fingerprint density at radius 2 is 2.07 bits per heavy atom. The van der Waals surface area contributed by atoms with Gasteiger partial charge in [0, 0.05) is 0 Å². The summed E-state index contributed by atoms with van der Waals surface area (Å²) in [6.07, 6.45) is -2.82. The van der Waals surface area contributed by atoms with Crippen LogP contribution >= 0.6 is 0 Å². The lowest BCUT2D eigenvalue weighted by Gasteiger charge is -2.16. The summed E-state index contributed by atoms with van der Waals surface area (Å²) in [5, 5.41) is 18.3. The Hall–Kier alpha value is -1.60. The Labute approximate surface area is 83.9 Å². The van der Waals surface area contributed by atoms with Gasteiger partial charge in [-0.05, 0) is 24.3 Å². The van der Waals surface area contributed by atoms with Gasteiger partial charge in [-0.15, -0.1) is 5.10 Å². The van der Waals surface area contributed by atoms with Crippen molar-refractivity contribution < 1.29 is 18.7 Å². The summed E-state index contributed by atoms with van der Waals surface area (Å²) in [6, 6.07) is -0.721. The number of aliphatic carboxylic acids is 1. The van der Waals surface area contributed by atoms with Crippen LogP contribution in [0.2, 0.25) is 0 Å². The highest BCUT2D eigenvalue weighted by atomic mass is 19.3. The third-order valence-corrected chi connectivity index (χ3v) is 2.21. The van der Waals surface area contributed by atoms with E-state index in [2.05, 4.69) is 15.5 Å². The summed E-state index contributed by atoms with van der Waals surface area (Å²) >= 11 is 0. The molecule has 8 heteroatoms. The smallest absolute Gasteiger partial charge is 0.308 e. The maximum atomic E-state index is 12.4. The summed E-state index contributed by atoms with van der Waals surface area (Å²) in [5.41, 5.74) is 0. The van der Waals surface area contributed by atoms with Gasteiger partial charge in [0.25, 0.3) is 6.43 Å². The van der Waals surface area contributed by atoms with Crippen LogP contribution in [0.5, 0.6) is 0 Å². The van der Waals surface area contributed by atoms with Crippen LogP contribution in [-0.2, 0) is 4.79 Å². The Balaban J connectivity index is 2.95. The maximum absolute atomic E-state index is 12.4. The lowest BCUT2D eigenvalue weighted by Crippen LogP contribution is -2.24. The van der Waals surface area contributed by atoms with Crippen molar-refractivity contribution in [1.29, 1.82) is 0 Å². The van der Waals surface area contributed by atoms with Crippen molar-refractivity contribution in [2.75, 3.05) is 0 Å². The zero-order chi connectivity index (χ0) is 11.6. The van der Waals surface area contributed by atoms with E-state index in [4.69, 9.17) is 5.11 Å². The fourth-order valence-corrected chi connectivity index (χ4v) is 1.05. The van der Waals surface area contributed by atoms with Crippen molar-refractivity contribution in [3.63, 3.8) is 0 Å². The highest BCUT2D eigenvalue weighted by Crippen LogP contribution is 2.22. The lowest BCUT2D eigenvalue weighted by atomic mass is 10.0. The minimum atomic E-state index is -2.82. The van der Waals surface area contributed by atoms with Gasteiger partial charge in [-0.2, -0.15) is 0 Å². The molecule has 0 amide bonds. The molecule has 6 nitrogen and oxygen atoms in total. The Morgan fingerprint density at radius 1 is 1.47 bits per heavy atom. The summed E-state index contributed by atoms with van der Waals surface area (Å²) in [4.78, 5) is 10.6. The summed E-state index contributed by atoms with van der Waals surface area (Å²) in [7, 11) is 0. The summed E-state index contributed by atoms with van der Waals surface area (Å²) in [6.45, 7) is 2.88. The molecule has 0 aliphatic heterocycles. The standard InChI is InChI=1S/C7H10F2N4O2/c1-3(7(14)15)4(2)13-6(5(8)9)10-11-12-13/h3-5H,1-2H3,(H,14,15). The van der Waals surface area contributed by atoms with E-state index in [0.717, 1.165) is 4.68 Å². The minimum Gasteiger partial charge on any atom is -0.481 e. The molecule has 0 spiro atoms. The number of hydrogen-bond acceptors (Lipinski definition) is 4.